The zero-order chi connectivity index (χ0) is 16.0. The number of hydrogen-bond acceptors (Lipinski definition) is 2. The molecule has 4 nitrogen and oxygen atoms in total. The van der Waals surface area contributed by atoms with E-state index in [9.17, 15) is 4.57 Å². The van der Waals surface area contributed by atoms with E-state index in [2.05, 4.69) is 19.1 Å². The zero-order valence-electron chi connectivity index (χ0n) is 12.8. The maximum absolute atomic E-state index is 13.6. The fourth-order valence-corrected chi connectivity index (χ4v) is 6.05. The lowest BCUT2D eigenvalue weighted by molar-refractivity contribution is 0.148. The molecule has 0 aliphatic carbocycles. The molecule has 1 heterocycles. The maximum Gasteiger partial charge on any atom is 0.346 e. The van der Waals surface area contributed by atoms with E-state index in [0.717, 1.165) is 18.5 Å². The first-order chi connectivity index (χ1) is 10.6. The van der Waals surface area contributed by atoms with Crippen molar-refractivity contribution in [1.82, 2.24) is 9.34 Å². The van der Waals surface area contributed by atoms with Gasteiger partial charge in [-0.1, -0.05) is 30.3 Å². The van der Waals surface area contributed by atoms with E-state index in [1.807, 2.05) is 27.5 Å². The number of nitrogens with zero attached hydrogens (tertiary/aromatic N) is 2. The minimum Gasteiger partial charge on any atom is -0.306 e. The van der Waals surface area contributed by atoms with Crippen LogP contribution in [0.5, 0.6) is 0 Å². The predicted molar refractivity (Wildman–Crippen MR) is 92.8 cm³/mol. The van der Waals surface area contributed by atoms with Gasteiger partial charge in [0.25, 0.3) is 0 Å². The smallest absolute Gasteiger partial charge is 0.306 e. The molecule has 22 heavy (non-hydrogen) atoms. The van der Waals surface area contributed by atoms with Crippen LogP contribution >= 0.6 is 30.9 Å². The molecule has 124 valence electrons. The molecule has 1 aliphatic rings. The molecule has 2 atom stereocenters. The van der Waals surface area contributed by atoms with Gasteiger partial charge in [0.2, 0.25) is 0 Å². The summed E-state index contributed by atoms with van der Waals surface area (Å²) in [5.74, 6) is 0.801. The Labute approximate surface area is 142 Å². The van der Waals surface area contributed by atoms with E-state index < -0.39 is 7.67 Å². The van der Waals surface area contributed by atoms with E-state index in [0.29, 0.717) is 31.5 Å². The third-order valence-electron chi connectivity index (χ3n) is 3.89. The molecular formula is C15H23Cl2N2O2P. The maximum atomic E-state index is 13.6. The first-order valence-corrected chi connectivity index (χ1v) is 10.2. The summed E-state index contributed by atoms with van der Waals surface area (Å²) in [7, 11) is -3.09. The Morgan fingerprint density at radius 1 is 1.27 bits per heavy atom. The molecule has 1 fully saturated rings. The molecule has 0 saturated carbocycles. The normalized spacial score (nSPS) is 24.5. The molecule has 0 N–H and O–H groups in total. The average Bonchev–Trinajstić information content (AvgIpc) is 2.55. The second-order valence-corrected chi connectivity index (χ2v) is 8.33. The Balaban J connectivity index is 2.28. The lowest BCUT2D eigenvalue weighted by atomic mass is 10.1. The Bertz CT molecular complexity index is 498. The van der Waals surface area contributed by atoms with Gasteiger partial charge in [-0.15, -0.1) is 23.2 Å². The van der Waals surface area contributed by atoms with Gasteiger partial charge in [0.05, 0.1) is 6.61 Å². The van der Waals surface area contributed by atoms with Crippen molar-refractivity contribution in [2.24, 2.45) is 0 Å². The van der Waals surface area contributed by atoms with Crippen LogP contribution in [-0.4, -0.2) is 47.3 Å². The minimum absolute atomic E-state index is 0.0143. The van der Waals surface area contributed by atoms with Gasteiger partial charge in [-0.2, -0.15) is 0 Å². The van der Waals surface area contributed by atoms with Crippen molar-refractivity contribution in [1.29, 1.82) is 0 Å². The largest absolute Gasteiger partial charge is 0.346 e. The molecule has 0 aromatic heterocycles. The van der Waals surface area contributed by atoms with Crippen molar-refractivity contribution in [3.63, 3.8) is 0 Å². The summed E-state index contributed by atoms with van der Waals surface area (Å²) in [4.78, 5) is 0. The molecule has 2 unspecified atom stereocenters. The van der Waals surface area contributed by atoms with E-state index in [1.54, 1.807) is 0 Å². The van der Waals surface area contributed by atoms with Crippen LogP contribution in [0, 0.1) is 0 Å². The molecule has 1 aromatic rings. The van der Waals surface area contributed by atoms with Gasteiger partial charge >= 0.3 is 7.67 Å². The third kappa shape index (κ3) is 4.05. The van der Waals surface area contributed by atoms with Gasteiger partial charge in [0.15, 0.2) is 0 Å². The van der Waals surface area contributed by atoms with Crippen LogP contribution in [0.2, 0.25) is 0 Å². The van der Waals surface area contributed by atoms with Gasteiger partial charge in [0, 0.05) is 37.4 Å². The average molecular weight is 365 g/mol. The van der Waals surface area contributed by atoms with E-state index in [1.165, 1.54) is 0 Å². The van der Waals surface area contributed by atoms with Crippen molar-refractivity contribution in [3.05, 3.63) is 35.9 Å². The number of rotatable bonds is 7. The molecular weight excluding hydrogens is 342 g/mol. The van der Waals surface area contributed by atoms with Crippen molar-refractivity contribution in [2.45, 2.75) is 19.4 Å². The standard InChI is InChI=1S/C15H23Cl2N2O2P/c1-14(15-6-3-2-4-7-15)19-10-5-13-21-22(19,20)18(11-8-16)12-9-17/h2-4,6-7,14H,5,8-13H2,1H3. The lowest BCUT2D eigenvalue weighted by Gasteiger charge is -2.43. The summed E-state index contributed by atoms with van der Waals surface area (Å²) in [6.45, 7) is 4.33. The molecule has 7 heteroatoms. The van der Waals surface area contributed by atoms with Crippen LogP contribution in [0.25, 0.3) is 0 Å². The topological polar surface area (TPSA) is 32.8 Å². The molecule has 0 spiro atoms. The summed E-state index contributed by atoms with van der Waals surface area (Å²) in [5.41, 5.74) is 1.13. The van der Waals surface area contributed by atoms with Gasteiger partial charge in [-0.25, -0.2) is 9.34 Å². The number of benzene rings is 1. The quantitative estimate of drug-likeness (QED) is 0.531. The highest BCUT2D eigenvalue weighted by Gasteiger charge is 2.43. The SMILES string of the molecule is CC(c1ccccc1)N1CCCOP1(=O)N(CCCl)CCCl. The van der Waals surface area contributed by atoms with E-state index >= 15 is 0 Å². The molecule has 1 aliphatic heterocycles. The monoisotopic (exact) mass is 364 g/mol. The first kappa shape index (κ1) is 18.3. The Hall–Kier alpha value is -0.0900. The minimum atomic E-state index is -3.09. The van der Waals surface area contributed by atoms with E-state index in [4.69, 9.17) is 27.7 Å². The summed E-state index contributed by atoms with van der Waals surface area (Å²) >= 11 is 11.8. The Morgan fingerprint density at radius 3 is 2.50 bits per heavy atom. The van der Waals surface area contributed by atoms with Crippen molar-refractivity contribution >= 4 is 30.9 Å². The molecule has 0 bridgehead atoms. The van der Waals surface area contributed by atoms with Crippen molar-refractivity contribution in [3.8, 4) is 0 Å². The van der Waals surface area contributed by atoms with Crippen LogP contribution < -0.4 is 0 Å². The van der Waals surface area contributed by atoms with Gasteiger partial charge < -0.3 is 4.52 Å². The highest BCUT2D eigenvalue weighted by molar-refractivity contribution is 7.54. The highest BCUT2D eigenvalue weighted by Crippen LogP contribution is 2.59. The zero-order valence-corrected chi connectivity index (χ0v) is 15.2. The van der Waals surface area contributed by atoms with E-state index in [-0.39, 0.29) is 6.04 Å². The third-order valence-corrected chi connectivity index (χ3v) is 7.05. The lowest BCUT2D eigenvalue weighted by Crippen LogP contribution is -2.40. The fraction of sp³-hybridized carbons (Fsp3) is 0.600. The number of halogens is 2. The van der Waals surface area contributed by atoms with Crippen molar-refractivity contribution in [2.75, 3.05) is 38.0 Å². The number of alkyl halides is 2. The van der Waals surface area contributed by atoms with Crippen molar-refractivity contribution < 1.29 is 9.09 Å². The fourth-order valence-electron chi connectivity index (χ4n) is 2.73. The number of hydrogen-bond donors (Lipinski definition) is 0. The van der Waals surface area contributed by atoms with Gasteiger partial charge in [-0.05, 0) is 18.9 Å². The second-order valence-electron chi connectivity index (χ2n) is 5.26. The molecule has 0 radical (unpaired) electrons. The Morgan fingerprint density at radius 2 is 1.91 bits per heavy atom. The predicted octanol–water partition coefficient (Wildman–Crippen LogP) is 4.36. The van der Waals surface area contributed by atoms with Gasteiger partial charge in [-0.3, -0.25) is 4.57 Å². The van der Waals surface area contributed by atoms with Crippen LogP contribution in [-0.2, 0) is 9.09 Å². The molecule has 1 saturated heterocycles. The Kier molecular flexibility index (Phi) is 7.20. The second kappa shape index (κ2) is 8.68. The summed E-state index contributed by atoms with van der Waals surface area (Å²) in [6.07, 6.45) is 0.872. The molecule has 2 rings (SSSR count). The highest BCUT2D eigenvalue weighted by atomic mass is 35.5. The molecule has 1 aromatic carbocycles. The van der Waals surface area contributed by atoms with Crippen LogP contribution in [0.3, 0.4) is 0 Å². The molecule has 0 amide bonds. The summed E-state index contributed by atoms with van der Waals surface area (Å²) in [5, 5.41) is 0. The van der Waals surface area contributed by atoms with Crippen LogP contribution in [0.1, 0.15) is 24.9 Å². The summed E-state index contributed by atoms with van der Waals surface area (Å²) in [6, 6.07) is 10.1. The first-order valence-electron chi connectivity index (χ1n) is 7.57. The van der Waals surface area contributed by atoms with Crippen LogP contribution in [0.15, 0.2) is 30.3 Å². The summed E-state index contributed by atoms with van der Waals surface area (Å²) < 4.78 is 23.1. The van der Waals surface area contributed by atoms with Gasteiger partial charge in [0.1, 0.15) is 0 Å². The van der Waals surface area contributed by atoms with Crippen LogP contribution in [0.4, 0.5) is 0 Å².